The fourth-order valence-electron chi connectivity index (χ4n) is 1.64. The van der Waals surface area contributed by atoms with Crippen molar-refractivity contribution in [3.8, 4) is 11.5 Å². The number of hydrogen-bond acceptors (Lipinski definition) is 5. The highest BCUT2D eigenvalue weighted by Gasteiger charge is 2.06. The molecule has 0 atom stereocenters. The fourth-order valence-corrected chi connectivity index (χ4v) is 1.64. The van der Waals surface area contributed by atoms with E-state index in [9.17, 15) is 0 Å². The van der Waals surface area contributed by atoms with Gasteiger partial charge in [-0.15, -0.1) is 0 Å². The molecular weight excluding hydrogens is 244 g/mol. The summed E-state index contributed by atoms with van der Waals surface area (Å²) in [5, 5.41) is 3.87. The molecule has 2 rings (SSSR count). The number of ether oxygens (including phenoxy) is 2. The second kappa shape index (κ2) is 5.48. The first-order valence-corrected chi connectivity index (χ1v) is 5.77. The van der Waals surface area contributed by atoms with Gasteiger partial charge in [-0.25, -0.2) is 0 Å². The Labute approximate surface area is 111 Å². The number of nitrogens with two attached hydrogens (primary N) is 1. The molecule has 0 saturated heterocycles. The number of anilines is 1. The van der Waals surface area contributed by atoms with Crippen molar-refractivity contribution in [2.45, 2.75) is 6.92 Å². The first-order chi connectivity index (χ1) is 9.15. The van der Waals surface area contributed by atoms with Crippen molar-refractivity contribution in [3.63, 3.8) is 0 Å². The van der Waals surface area contributed by atoms with Gasteiger partial charge in [0, 0.05) is 11.6 Å². The molecule has 0 amide bonds. The smallest absolute Gasteiger partial charge is 0.157 e. The van der Waals surface area contributed by atoms with E-state index in [0.717, 1.165) is 17.1 Å². The van der Waals surface area contributed by atoms with Gasteiger partial charge >= 0.3 is 0 Å². The van der Waals surface area contributed by atoms with E-state index in [1.807, 2.05) is 24.3 Å². The summed E-state index contributed by atoms with van der Waals surface area (Å²) in [6, 6.07) is 5.58. The van der Waals surface area contributed by atoms with Gasteiger partial charge in [0.05, 0.1) is 14.2 Å². The van der Waals surface area contributed by atoms with E-state index in [1.54, 1.807) is 27.2 Å². The second-order valence-electron chi connectivity index (χ2n) is 3.98. The zero-order valence-corrected chi connectivity index (χ0v) is 11.1. The zero-order chi connectivity index (χ0) is 13.8. The molecule has 0 aliphatic rings. The summed E-state index contributed by atoms with van der Waals surface area (Å²) in [5.74, 6) is 2.07. The molecule has 5 heteroatoms. The van der Waals surface area contributed by atoms with Crippen LogP contribution in [0, 0.1) is 6.92 Å². The van der Waals surface area contributed by atoms with Crippen LogP contribution in [0.25, 0.3) is 12.2 Å². The summed E-state index contributed by atoms with van der Waals surface area (Å²) in [4.78, 5) is 0. The maximum absolute atomic E-state index is 5.82. The lowest BCUT2D eigenvalue weighted by molar-refractivity contribution is 0.393. The van der Waals surface area contributed by atoms with Gasteiger partial charge < -0.3 is 19.7 Å². The van der Waals surface area contributed by atoms with Crippen LogP contribution in [-0.4, -0.2) is 19.4 Å². The van der Waals surface area contributed by atoms with E-state index in [0.29, 0.717) is 17.1 Å². The van der Waals surface area contributed by atoms with Crippen molar-refractivity contribution in [3.05, 3.63) is 35.2 Å². The number of hydrogen-bond donors (Lipinski definition) is 1. The molecule has 0 bridgehead atoms. The van der Waals surface area contributed by atoms with Crippen LogP contribution in [0.15, 0.2) is 22.7 Å². The van der Waals surface area contributed by atoms with Crippen LogP contribution in [0.1, 0.15) is 17.0 Å². The minimum atomic E-state index is 0.545. The topological polar surface area (TPSA) is 70.5 Å². The lowest BCUT2D eigenvalue weighted by atomic mass is 10.1. The molecule has 0 spiro atoms. The van der Waals surface area contributed by atoms with E-state index in [4.69, 9.17) is 19.7 Å². The Morgan fingerprint density at radius 1 is 1.21 bits per heavy atom. The van der Waals surface area contributed by atoms with Crippen molar-refractivity contribution >= 4 is 17.8 Å². The zero-order valence-electron chi connectivity index (χ0n) is 11.1. The molecule has 1 aromatic carbocycles. The number of rotatable bonds is 4. The second-order valence-corrected chi connectivity index (χ2v) is 3.98. The molecule has 5 nitrogen and oxygen atoms in total. The third kappa shape index (κ3) is 2.70. The summed E-state index contributed by atoms with van der Waals surface area (Å²) in [6.07, 6.45) is 3.65. The van der Waals surface area contributed by atoms with Crippen LogP contribution in [0.3, 0.4) is 0 Å². The number of nitrogen functional groups attached to an aromatic ring is 1. The van der Waals surface area contributed by atoms with Gasteiger partial charge in [0.25, 0.3) is 0 Å². The largest absolute Gasteiger partial charge is 0.497 e. The Morgan fingerprint density at radius 3 is 2.58 bits per heavy atom. The maximum Gasteiger partial charge on any atom is 0.157 e. The minimum Gasteiger partial charge on any atom is -0.497 e. The van der Waals surface area contributed by atoms with Gasteiger partial charge in [-0.1, -0.05) is 5.16 Å². The molecule has 0 saturated carbocycles. The van der Waals surface area contributed by atoms with Crippen molar-refractivity contribution in [1.82, 2.24) is 5.16 Å². The Bertz CT molecular complexity index is 603. The number of aryl methyl sites for hydroxylation is 1. The normalized spacial score (nSPS) is 10.9. The van der Waals surface area contributed by atoms with E-state index in [1.165, 1.54) is 0 Å². The lowest BCUT2D eigenvalue weighted by Crippen LogP contribution is -1.90. The average Bonchev–Trinajstić information content (AvgIpc) is 2.76. The molecule has 2 N–H and O–H groups in total. The Morgan fingerprint density at radius 2 is 2.00 bits per heavy atom. The predicted molar refractivity (Wildman–Crippen MR) is 74.1 cm³/mol. The summed E-state index contributed by atoms with van der Waals surface area (Å²) in [6.45, 7) is 1.77. The molecule has 0 aliphatic heterocycles. The SMILES string of the molecule is COc1ccc(/C=C/c2noc(C)c2N)c(OC)c1. The average molecular weight is 260 g/mol. The summed E-state index contributed by atoms with van der Waals surface area (Å²) < 4.78 is 15.5. The summed E-state index contributed by atoms with van der Waals surface area (Å²) >= 11 is 0. The monoisotopic (exact) mass is 260 g/mol. The van der Waals surface area contributed by atoms with Gasteiger partial charge in [0.2, 0.25) is 0 Å². The lowest BCUT2D eigenvalue weighted by Gasteiger charge is -2.07. The highest BCUT2D eigenvalue weighted by Crippen LogP contribution is 2.27. The van der Waals surface area contributed by atoms with E-state index >= 15 is 0 Å². The third-order valence-electron chi connectivity index (χ3n) is 2.80. The Kier molecular flexibility index (Phi) is 3.75. The van der Waals surface area contributed by atoms with E-state index < -0.39 is 0 Å². The van der Waals surface area contributed by atoms with E-state index in [-0.39, 0.29) is 0 Å². The number of benzene rings is 1. The van der Waals surface area contributed by atoms with Gasteiger partial charge in [-0.05, 0) is 31.2 Å². The van der Waals surface area contributed by atoms with E-state index in [2.05, 4.69) is 5.16 Å². The van der Waals surface area contributed by atoms with Crippen molar-refractivity contribution in [2.75, 3.05) is 20.0 Å². The van der Waals surface area contributed by atoms with Gasteiger partial charge in [0.15, 0.2) is 5.76 Å². The van der Waals surface area contributed by atoms with Crippen LogP contribution >= 0.6 is 0 Å². The van der Waals surface area contributed by atoms with Crippen LogP contribution < -0.4 is 15.2 Å². The first kappa shape index (κ1) is 13.0. The predicted octanol–water partition coefficient (Wildman–Crippen LogP) is 2.75. The van der Waals surface area contributed by atoms with Crippen LogP contribution in [0.4, 0.5) is 5.69 Å². The molecule has 2 aromatic rings. The third-order valence-corrected chi connectivity index (χ3v) is 2.80. The highest BCUT2D eigenvalue weighted by molar-refractivity contribution is 5.76. The molecule has 0 fully saturated rings. The number of aromatic nitrogens is 1. The van der Waals surface area contributed by atoms with Gasteiger partial charge in [-0.3, -0.25) is 0 Å². The first-order valence-electron chi connectivity index (χ1n) is 5.77. The van der Waals surface area contributed by atoms with Crippen LogP contribution in [0.2, 0.25) is 0 Å². The quantitative estimate of drug-likeness (QED) is 0.915. The Hall–Kier alpha value is -2.43. The summed E-state index contributed by atoms with van der Waals surface area (Å²) in [5.41, 5.74) is 7.88. The summed E-state index contributed by atoms with van der Waals surface area (Å²) in [7, 11) is 3.23. The van der Waals surface area contributed by atoms with Crippen molar-refractivity contribution in [1.29, 1.82) is 0 Å². The highest BCUT2D eigenvalue weighted by atomic mass is 16.5. The molecule has 0 unspecified atom stereocenters. The van der Waals surface area contributed by atoms with Gasteiger partial charge in [0.1, 0.15) is 22.9 Å². The molecule has 19 heavy (non-hydrogen) atoms. The van der Waals surface area contributed by atoms with Gasteiger partial charge in [-0.2, -0.15) is 0 Å². The molecule has 0 aliphatic carbocycles. The van der Waals surface area contributed by atoms with Crippen molar-refractivity contribution < 1.29 is 14.0 Å². The fraction of sp³-hybridized carbons (Fsp3) is 0.214. The molecule has 1 heterocycles. The minimum absolute atomic E-state index is 0.545. The molecule has 0 radical (unpaired) electrons. The Balaban J connectivity index is 2.30. The number of methoxy groups -OCH3 is 2. The molecule has 100 valence electrons. The number of nitrogens with zero attached hydrogens (tertiary/aromatic N) is 1. The van der Waals surface area contributed by atoms with Crippen LogP contribution in [0.5, 0.6) is 11.5 Å². The van der Waals surface area contributed by atoms with Crippen LogP contribution in [-0.2, 0) is 0 Å². The standard InChI is InChI=1S/C14H16N2O3/c1-9-14(15)12(16-19-9)7-5-10-4-6-11(17-2)8-13(10)18-3/h4-8H,15H2,1-3H3/b7-5+. The molecule has 1 aromatic heterocycles. The maximum atomic E-state index is 5.82. The van der Waals surface area contributed by atoms with Crippen molar-refractivity contribution in [2.24, 2.45) is 0 Å². The molecular formula is C14H16N2O3.